The lowest BCUT2D eigenvalue weighted by molar-refractivity contribution is -0.116. The van der Waals surface area contributed by atoms with Crippen LogP contribution in [0.5, 0.6) is 0 Å². The highest BCUT2D eigenvalue weighted by atomic mass is 127. The van der Waals surface area contributed by atoms with Crippen molar-refractivity contribution in [3.63, 3.8) is 0 Å². The number of anilines is 1. The van der Waals surface area contributed by atoms with Crippen LogP contribution >= 0.6 is 24.0 Å². The smallest absolute Gasteiger partial charge is 0.224 e. The topological polar surface area (TPSA) is 78.7 Å². The highest BCUT2D eigenvalue weighted by molar-refractivity contribution is 14.0. The summed E-state index contributed by atoms with van der Waals surface area (Å²) in [7, 11) is 0. The molecule has 6 nitrogen and oxygen atoms in total. The Morgan fingerprint density at radius 3 is 2.67 bits per heavy atom. The van der Waals surface area contributed by atoms with Crippen molar-refractivity contribution in [2.24, 2.45) is 10.9 Å². The third kappa shape index (κ3) is 8.94. The molecule has 1 aromatic heterocycles. The van der Waals surface area contributed by atoms with Crippen molar-refractivity contribution in [1.82, 2.24) is 10.6 Å². The number of halogens is 1. The molecule has 1 heterocycles. The SMILES string of the molecule is CCNC(=NCc1cccc(NC(=O)CC(C)C)c1)NCc1ccco1.I. The number of nitrogens with one attached hydrogen (secondary N) is 3. The van der Waals surface area contributed by atoms with Gasteiger partial charge in [-0.3, -0.25) is 4.79 Å². The van der Waals surface area contributed by atoms with E-state index in [1.165, 1.54) is 0 Å². The number of aliphatic imine (C=N–C) groups is 1. The molecule has 0 radical (unpaired) electrons. The molecule has 3 N–H and O–H groups in total. The van der Waals surface area contributed by atoms with Gasteiger partial charge in [0.05, 0.1) is 19.4 Å². The molecule has 0 bridgehead atoms. The van der Waals surface area contributed by atoms with Crippen LogP contribution in [0.3, 0.4) is 0 Å². The Balaban J connectivity index is 0.00000364. The molecule has 27 heavy (non-hydrogen) atoms. The third-order valence-electron chi connectivity index (χ3n) is 3.58. The third-order valence-corrected chi connectivity index (χ3v) is 3.58. The van der Waals surface area contributed by atoms with E-state index in [-0.39, 0.29) is 29.9 Å². The van der Waals surface area contributed by atoms with Gasteiger partial charge in [0.15, 0.2) is 5.96 Å². The van der Waals surface area contributed by atoms with Crippen LogP contribution in [0.25, 0.3) is 0 Å². The average Bonchev–Trinajstić information content (AvgIpc) is 3.10. The van der Waals surface area contributed by atoms with E-state index in [9.17, 15) is 4.79 Å². The van der Waals surface area contributed by atoms with Crippen LogP contribution in [-0.4, -0.2) is 18.4 Å². The van der Waals surface area contributed by atoms with Crippen LogP contribution in [0.2, 0.25) is 0 Å². The number of rotatable bonds is 8. The predicted octanol–water partition coefficient (Wildman–Crippen LogP) is 4.14. The van der Waals surface area contributed by atoms with E-state index in [2.05, 4.69) is 20.9 Å². The Labute approximate surface area is 178 Å². The fourth-order valence-electron chi connectivity index (χ4n) is 2.43. The monoisotopic (exact) mass is 484 g/mol. The number of nitrogens with zero attached hydrogens (tertiary/aromatic N) is 1. The van der Waals surface area contributed by atoms with Crippen molar-refractivity contribution in [1.29, 1.82) is 0 Å². The molecule has 2 aromatic rings. The molecule has 0 aliphatic rings. The minimum absolute atomic E-state index is 0. The van der Waals surface area contributed by atoms with Crippen molar-refractivity contribution in [3.05, 3.63) is 54.0 Å². The minimum atomic E-state index is 0. The van der Waals surface area contributed by atoms with Gasteiger partial charge in [0.1, 0.15) is 5.76 Å². The van der Waals surface area contributed by atoms with Crippen molar-refractivity contribution in [2.45, 2.75) is 40.3 Å². The van der Waals surface area contributed by atoms with Crippen LogP contribution in [0.4, 0.5) is 5.69 Å². The fourth-order valence-corrected chi connectivity index (χ4v) is 2.43. The summed E-state index contributed by atoms with van der Waals surface area (Å²) < 4.78 is 5.32. The molecule has 0 saturated carbocycles. The van der Waals surface area contributed by atoms with Gasteiger partial charge in [0, 0.05) is 18.7 Å². The Kier molecular flexibility index (Phi) is 10.5. The average molecular weight is 484 g/mol. The molecular weight excluding hydrogens is 455 g/mol. The first-order valence-electron chi connectivity index (χ1n) is 9.00. The van der Waals surface area contributed by atoms with Gasteiger partial charge in [-0.05, 0) is 42.7 Å². The summed E-state index contributed by atoms with van der Waals surface area (Å²) in [5, 5.41) is 9.39. The van der Waals surface area contributed by atoms with Gasteiger partial charge in [-0.25, -0.2) is 4.99 Å². The highest BCUT2D eigenvalue weighted by Gasteiger charge is 2.06. The number of carbonyl (C=O) groups excluding carboxylic acids is 1. The molecular formula is C20H29IN4O2. The summed E-state index contributed by atoms with van der Waals surface area (Å²) in [5.41, 5.74) is 1.83. The first-order chi connectivity index (χ1) is 12.6. The second kappa shape index (κ2) is 12.4. The molecule has 148 valence electrons. The molecule has 7 heteroatoms. The number of hydrogen-bond donors (Lipinski definition) is 3. The lowest BCUT2D eigenvalue weighted by atomic mass is 10.1. The Bertz CT molecular complexity index is 715. The molecule has 0 unspecified atom stereocenters. The summed E-state index contributed by atoms with van der Waals surface area (Å²) in [4.78, 5) is 16.5. The van der Waals surface area contributed by atoms with Crippen molar-refractivity contribution < 1.29 is 9.21 Å². The van der Waals surface area contributed by atoms with Crippen LogP contribution in [0, 0.1) is 5.92 Å². The number of amides is 1. The lowest BCUT2D eigenvalue weighted by Gasteiger charge is -2.11. The van der Waals surface area contributed by atoms with Crippen LogP contribution in [0.15, 0.2) is 52.1 Å². The van der Waals surface area contributed by atoms with Gasteiger partial charge in [0.25, 0.3) is 0 Å². The van der Waals surface area contributed by atoms with Crippen LogP contribution in [0.1, 0.15) is 38.5 Å². The fraction of sp³-hybridized carbons (Fsp3) is 0.400. The molecule has 0 atom stereocenters. The summed E-state index contributed by atoms with van der Waals surface area (Å²) in [6.07, 6.45) is 2.17. The zero-order chi connectivity index (χ0) is 18.8. The van der Waals surface area contributed by atoms with E-state index in [1.807, 2.05) is 57.2 Å². The molecule has 0 spiro atoms. The van der Waals surface area contributed by atoms with E-state index >= 15 is 0 Å². The molecule has 1 aromatic carbocycles. The lowest BCUT2D eigenvalue weighted by Crippen LogP contribution is -2.36. The maximum atomic E-state index is 11.9. The van der Waals surface area contributed by atoms with E-state index in [1.54, 1.807) is 6.26 Å². The second-order valence-corrected chi connectivity index (χ2v) is 6.47. The van der Waals surface area contributed by atoms with Crippen molar-refractivity contribution >= 4 is 41.5 Å². The van der Waals surface area contributed by atoms with Crippen molar-refractivity contribution in [3.8, 4) is 0 Å². The number of carbonyl (C=O) groups is 1. The Hall–Kier alpha value is -2.03. The number of furan rings is 1. The first kappa shape index (κ1) is 23.0. The van der Waals surface area contributed by atoms with Gasteiger partial charge in [-0.1, -0.05) is 26.0 Å². The number of benzene rings is 1. The maximum Gasteiger partial charge on any atom is 0.224 e. The van der Waals surface area contributed by atoms with Gasteiger partial charge in [0.2, 0.25) is 5.91 Å². The maximum absolute atomic E-state index is 11.9. The first-order valence-corrected chi connectivity index (χ1v) is 9.00. The van der Waals surface area contributed by atoms with Crippen LogP contribution < -0.4 is 16.0 Å². The minimum Gasteiger partial charge on any atom is -0.467 e. The summed E-state index contributed by atoms with van der Waals surface area (Å²) >= 11 is 0. The molecule has 0 saturated heterocycles. The van der Waals surface area contributed by atoms with Gasteiger partial charge in [-0.15, -0.1) is 24.0 Å². The van der Waals surface area contributed by atoms with Gasteiger partial charge in [-0.2, -0.15) is 0 Å². The zero-order valence-electron chi connectivity index (χ0n) is 16.1. The van der Waals surface area contributed by atoms with Crippen molar-refractivity contribution in [2.75, 3.05) is 11.9 Å². The van der Waals surface area contributed by atoms with E-state index in [0.29, 0.717) is 25.4 Å². The largest absolute Gasteiger partial charge is 0.467 e. The standard InChI is InChI=1S/C20H28N4O2.HI/c1-4-21-20(23-14-18-9-6-10-26-18)22-13-16-7-5-8-17(12-16)24-19(25)11-15(2)3;/h5-10,12,15H,4,11,13-14H2,1-3H3,(H,24,25)(H2,21,22,23);1H. The summed E-state index contributed by atoms with van der Waals surface area (Å²) in [5.74, 6) is 1.95. The highest BCUT2D eigenvalue weighted by Crippen LogP contribution is 2.13. The zero-order valence-corrected chi connectivity index (χ0v) is 18.4. The molecule has 0 aliphatic heterocycles. The molecule has 2 rings (SSSR count). The molecule has 0 aliphatic carbocycles. The predicted molar refractivity (Wildman–Crippen MR) is 120 cm³/mol. The quantitative estimate of drug-likeness (QED) is 0.299. The molecule has 0 fully saturated rings. The molecule has 1 amide bonds. The van der Waals surface area contributed by atoms with Crippen LogP contribution in [-0.2, 0) is 17.9 Å². The van der Waals surface area contributed by atoms with E-state index in [0.717, 1.165) is 29.5 Å². The number of guanidine groups is 1. The van der Waals surface area contributed by atoms with E-state index < -0.39 is 0 Å². The van der Waals surface area contributed by atoms with E-state index in [4.69, 9.17) is 4.42 Å². The summed E-state index contributed by atoms with van der Waals surface area (Å²) in [6.45, 7) is 7.95. The Morgan fingerprint density at radius 2 is 2.00 bits per heavy atom. The van der Waals surface area contributed by atoms with Gasteiger partial charge >= 0.3 is 0 Å². The van der Waals surface area contributed by atoms with Gasteiger partial charge < -0.3 is 20.4 Å². The number of hydrogen-bond acceptors (Lipinski definition) is 3. The summed E-state index contributed by atoms with van der Waals surface area (Å²) in [6, 6.07) is 11.6. The second-order valence-electron chi connectivity index (χ2n) is 6.47. The normalized spacial score (nSPS) is 11.0. The Morgan fingerprint density at radius 1 is 1.19 bits per heavy atom.